The Kier molecular flexibility index (Phi) is 6.68. The highest BCUT2D eigenvalue weighted by molar-refractivity contribution is 5.38. The summed E-state index contributed by atoms with van der Waals surface area (Å²) < 4.78 is 41.2. The molecule has 2 nitrogen and oxygen atoms in total. The maximum atomic E-state index is 12.1. The fourth-order valence-electron chi connectivity index (χ4n) is 2.57. The van der Waals surface area contributed by atoms with Crippen molar-refractivity contribution in [2.45, 2.75) is 46.3 Å². The van der Waals surface area contributed by atoms with Crippen LogP contribution >= 0.6 is 0 Å². The molecule has 1 rings (SSSR count). The van der Waals surface area contributed by atoms with Crippen LogP contribution in [0.2, 0.25) is 0 Å². The molecule has 0 heterocycles. The van der Waals surface area contributed by atoms with Gasteiger partial charge >= 0.3 is 6.18 Å². The van der Waals surface area contributed by atoms with E-state index < -0.39 is 12.8 Å². The molecule has 0 radical (unpaired) electrons. The lowest BCUT2D eigenvalue weighted by Gasteiger charge is -2.21. The van der Waals surface area contributed by atoms with Gasteiger partial charge in [0.05, 0.1) is 6.61 Å². The third-order valence-electron chi connectivity index (χ3n) is 3.37. The van der Waals surface area contributed by atoms with Crippen molar-refractivity contribution in [1.82, 2.24) is 5.32 Å². The van der Waals surface area contributed by atoms with Crippen molar-refractivity contribution in [1.29, 1.82) is 0 Å². The van der Waals surface area contributed by atoms with Crippen molar-refractivity contribution in [3.63, 3.8) is 0 Å². The largest absolute Gasteiger partial charge is 0.411 e. The van der Waals surface area contributed by atoms with Gasteiger partial charge in [-0.25, -0.2) is 0 Å². The number of hydrogen-bond acceptors (Lipinski definition) is 2. The van der Waals surface area contributed by atoms with Gasteiger partial charge in [0.15, 0.2) is 0 Å². The number of nitrogens with one attached hydrogen (secondary N) is 1. The summed E-state index contributed by atoms with van der Waals surface area (Å²) in [5.41, 5.74) is 4.72. The fraction of sp³-hybridized carbons (Fsp3) is 0.625. The highest BCUT2D eigenvalue weighted by Crippen LogP contribution is 2.19. The zero-order chi connectivity index (χ0) is 16.0. The Balaban J connectivity index is 2.70. The number of benzene rings is 1. The van der Waals surface area contributed by atoms with Crippen molar-refractivity contribution < 1.29 is 17.9 Å². The topological polar surface area (TPSA) is 21.3 Å². The molecule has 120 valence electrons. The second kappa shape index (κ2) is 7.80. The maximum Gasteiger partial charge on any atom is 0.411 e. The van der Waals surface area contributed by atoms with Crippen molar-refractivity contribution in [3.8, 4) is 0 Å². The molecule has 21 heavy (non-hydrogen) atoms. The first-order chi connectivity index (χ1) is 9.73. The van der Waals surface area contributed by atoms with E-state index in [4.69, 9.17) is 4.74 Å². The lowest BCUT2D eigenvalue weighted by atomic mass is 9.94. The highest BCUT2D eigenvalue weighted by atomic mass is 19.4. The van der Waals surface area contributed by atoms with Crippen LogP contribution in [-0.4, -0.2) is 32.0 Å². The maximum absolute atomic E-state index is 12.1. The number of likely N-dealkylation sites (N-methyl/N-ethyl adjacent to an activating group) is 1. The summed E-state index contributed by atoms with van der Waals surface area (Å²) in [7, 11) is 0. The number of halogens is 3. The van der Waals surface area contributed by atoms with E-state index >= 15 is 0 Å². The van der Waals surface area contributed by atoms with E-state index in [1.54, 1.807) is 0 Å². The van der Waals surface area contributed by atoms with Gasteiger partial charge in [0.2, 0.25) is 0 Å². The quantitative estimate of drug-likeness (QED) is 0.829. The molecule has 0 aromatic heterocycles. The summed E-state index contributed by atoms with van der Waals surface area (Å²) in [5, 5.41) is 3.19. The third kappa shape index (κ3) is 6.48. The average Bonchev–Trinajstić information content (AvgIpc) is 2.32. The first-order valence-electron chi connectivity index (χ1n) is 7.17. The number of rotatable bonds is 7. The van der Waals surface area contributed by atoms with E-state index in [0.717, 1.165) is 0 Å². The summed E-state index contributed by atoms with van der Waals surface area (Å²) in [6.07, 6.45) is -3.60. The van der Waals surface area contributed by atoms with E-state index in [-0.39, 0.29) is 12.6 Å². The van der Waals surface area contributed by atoms with Crippen LogP contribution in [0.1, 0.15) is 29.2 Å². The van der Waals surface area contributed by atoms with E-state index in [1.807, 2.05) is 27.7 Å². The lowest BCUT2D eigenvalue weighted by molar-refractivity contribution is -0.175. The van der Waals surface area contributed by atoms with Gasteiger partial charge in [-0.15, -0.1) is 0 Å². The number of hydrogen-bond donors (Lipinski definition) is 1. The van der Waals surface area contributed by atoms with Gasteiger partial charge in [-0.2, -0.15) is 13.2 Å². The Bertz CT molecular complexity index is 434. The van der Waals surface area contributed by atoms with Crippen LogP contribution in [0.25, 0.3) is 0 Å². The van der Waals surface area contributed by atoms with Gasteiger partial charge < -0.3 is 10.1 Å². The first kappa shape index (κ1) is 18.0. The molecule has 0 amide bonds. The Morgan fingerprint density at radius 2 is 1.71 bits per heavy atom. The van der Waals surface area contributed by atoms with Crippen molar-refractivity contribution in [3.05, 3.63) is 34.4 Å². The molecular weight excluding hydrogens is 279 g/mol. The number of alkyl halides is 3. The minimum atomic E-state index is -4.27. The molecule has 1 aromatic rings. The normalized spacial score (nSPS) is 13.5. The molecule has 0 aliphatic rings. The predicted octanol–water partition coefficient (Wildman–Crippen LogP) is 3.71. The van der Waals surface area contributed by atoms with Crippen LogP contribution in [-0.2, 0) is 11.2 Å². The van der Waals surface area contributed by atoms with Crippen LogP contribution in [0.15, 0.2) is 12.1 Å². The van der Waals surface area contributed by atoms with Crippen LogP contribution in [0.4, 0.5) is 13.2 Å². The van der Waals surface area contributed by atoms with Gasteiger partial charge in [0.1, 0.15) is 6.61 Å². The van der Waals surface area contributed by atoms with Crippen LogP contribution in [0.3, 0.4) is 0 Å². The summed E-state index contributed by atoms with van der Waals surface area (Å²) >= 11 is 0. The molecule has 0 aliphatic heterocycles. The third-order valence-corrected chi connectivity index (χ3v) is 3.37. The Morgan fingerprint density at radius 3 is 2.19 bits per heavy atom. The summed E-state index contributed by atoms with van der Waals surface area (Å²) in [4.78, 5) is 0. The molecule has 1 N–H and O–H groups in total. The molecular formula is C16H24F3NO. The zero-order valence-electron chi connectivity index (χ0n) is 13.1. The average molecular weight is 303 g/mol. The second-order valence-electron chi connectivity index (χ2n) is 5.47. The predicted molar refractivity (Wildman–Crippen MR) is 78.7 cm³/mol. The van der Waals surface area contributed by atoms with Crippen molar-refractivity contribution >= 4 is 0 Å². The van der Waals surface area contributed by atoms with Gasteiger partial charge in [-0.3, -0.25) is 0 Å². The summed E-state index contributed by atoms with van der Waals surface area (Å²) in [6, 6.07) is 4.08. The molecule has 1 aromatic carbocycles. The zero-order valence-corrected chi connectivity index (χ0v) is 13.1. The van der Waals surface area contributed by atoms with E-state index in [1.165, 1.54) is 22.3 Å². The Hall–Kier alpha value is -1.07. The lowest BCUT2D eigenvalue weighted by Crippen LogP contribution is -2.37. The molecule has 0 aliphatic carbocycles. The monoisotopic (exact) mass is 303 g/mol. The van der Waals surface area contributed by atoms with Crippen LogP contribution in [0.5, 0.6) is 0 Å². The minimum absolute atomic E-state index is 0.0557. The van der Waals surface area contributed by atoms with Gasteiger partial charge in [-0.05, 0) is 50.4 Å². The SMILES string of the molecule is CCNC(COCC(F)(F)F)Cc1c(C)cc(C)cc1C. The van der Waals surface area contributed by atoms with Gasteiger partial charge in [0.25, 0.3) is 0 Å². The summed E-state index contributed by atoms with van der Waals surface area (Å²) in [5.74, 6) is 0. The van der Waals surface area contributed by atoms with Crippen LogP contribution in [0, 0.1) is 20.8 Å². The second-order valence-corrected chi connectivity index (χ2v) is 5.47. The van der Waals surface area contributed by atoms with E-state index in [9.17, 15) is 13.2 Å². The summed E-state index contributed by atoms with van der Waals surface area (Å²) in [6.45, 7) is 7.61. The van der Waals surface area contributed by atoms with E-state index in [0.29, 0.717) is 13.0 Å². The Labute approximate surface area is 124 Å². The minimum Gasteiger partial charge on any atom is -0.370 e. The highest BCUT2D eigenvalue weighted by Gasteiger charge is 2.28. The van der Waals surface area contributed by atoms with Crippen molar-refractivity contribution in [2.75, 3.05) is 19.8 Å². The fourth-order valence-corrected chi connectivity index (χ4v) is 2.57. The van der Waals surface area contributed by atoms with E-state index in [2.05, 4.69) is 17.4 Å². The molecule has 0 bridgehead atoms. The standard InChI is InChI=1S/C16H24F3NO/c1-5-20-14(9-21-10-16(17,18)19)8-15-12(3)6-11(2)7-13(15)4/h6-7,14,20H,5,8-10H2,1-4H3. The van der Waals surface area contributed by atoms with Gasteiger partial charge in [0, 0.05) is 6.04 Å². The molecule has 0 spiro atoms. The van der Waals surface area contributed by atoms with Crippen molar-refractivity contribution in [2.24, 2.45) is 0 Å². The molecule has 0 fully saturated rings. The molecule has 1 atom stereocenters. The van der Waals surface area contributed by atoms with Crippen LogP contribution < -0.4 is 5.32 Å². The number of ether oxygens (including phenoxy) is 1. The Morgan fingerprint density at radius 1 is 1.14 bits per heavy atom. The molecule has 0 saturated carbocycles. The van der Waals surface area contributed by atoms with Gasteiger partial charge in [-0.1, -0.05) is 24.6 Å². The number of aryl methyl sites for hydroxylation is 3. The smallest absolute Gasteiger partial charge is 0.370 e. The molecule has 5 heteroatoms. The first-order valence-corrected chi connectivity index (χ1v) is 7.17. The molecule has 0 saturated heterocycles. The molecule has 1 unspecified atom stereocenters.